The van der Waals surface area contributed by atoms with E-state index in [1.807, 2.05) is 32.0 Å². The van der Waals surface area contributed by atoms with Crippen molar-refractivity contribution in [2.75, 3.05) is 18.1 Å². The lowest BCUT2D eigenvalue weighted by Gasteiger charge is -2.21. The number of furan rings is 1. The molecule has 2 heterocycles. The third-order valence-electron chi connectivity index (χ3n) is 4.53. The van der Waals surface area contributed by atoms with Crippen molar-refractivity contribution in [1.29, 1.82) is 0 Å². The minimum Gasteiger partial charge on any atom is -0.451 e. The van der Waals surface area contributed by atoms with Crippen LogP contribution < -0.4 is 5.32 Å². The first kappa shape index (κ1) is 16.1. The number of carbonyl (C=O) groups excluding carboxylic acids is 1. The third-order valence-corrected chi connectivity index (χ3v) is 6.24. The Labute approximate surface area is 136 Å². The molecule has 0 spiro atoms. The van der Waals surface area contributed by atoms with Gasteiger partial charge in [-0.15, -0.1) is 0 Å². The van der Waals surface area contributed by atoms with Gasteiger partial charge in [0.2, 0.25) is 0 Å². The summed E-state index contributed by atoms with van der Waals surface area (Å²) in [5.41, 5.74) is 2.64. The van der Waals surface area contributed by atoms with E-state index in [4.69, 9.17) is 4.42 Å². The Morgan fingerprint density at radius 2 is 1.96 bits per heavy atom. The molecule has 0 saturated carbocycles. The summed E-state index contributed by atoms with van der Waals surface area (Å²) in [5, 5.41) is 3.83. The van der Waals surface area contributed by atoms with Crippen LogP contribution in [0.3, 0.4) is 0 Å². The summed E-state index contributed by atoms with van der Waals surface area (Å²) in [4.78, 5) is 12.4. The van der Waals surface area contributed by atoms with E-state index in [9.17, 15) is 13.2 Å². The molecule has 1 aliphatic heterocycles. The van der Waals surface area contributed by atoms with Gasteiger partial charge in [0.05, 0.1) is 11.5 Å². The second-order valence-electron chi connectivity index (χ2n) is 6.36. The van der Waals surface area contributed by atoms with Crippen LogP contribution in [-0.2, 0) is 9.84 Å². The molecular weight excluding hydrogens is 314 g/mol. The van der Waals surface area contributed by atoms with E-state index in [1.54, 1.807) is 0 Å². The molecule has 1 amide bonds. The van der Waals surface area contributed by atoms with E-state index in [0.29, 0.717) is 25.1 Å². The third kappa shape index (κ3) is 3.42. The van der Waals surface area contributed by atoms with Crippen molar-refractivity contribution in [1.82, 2.24) is 5.32 Å². The molecule has 0 atom stereocenters. The first-order valence-corrected chi connectivity index (χ1v) is 9.66. The second-order valence-corrected chi connectivity index (χ2v) is 8.66. The summed E-state index contributed by atoms with van der Waals surface area (Å²) in [6.07, 6.45) is 1.22. The predicted octanol–water partition coefficient (Wildman–Crippen LogP) is 2.60. The number of nitrogens with one attached hydrogen (secondary N) is 1. The van der Waals surface area contributed by atoms with E-state index in [2.05, 4.69) is 5.32 Å². The largest absolute Gasteiger partial charge is 0.451 e. The molecule has 1 aliphatic rings. The van der Waals surface area contributed by atoms with Gasteiger partial charge in [0, 0.05) is 17.5 Å². The average molecular weight is 335 g/mol. The fourth-order valence-corrected chi connectivity index (χ4v) is 4.60. The van der Waals surface area contributed by atoms with Crippen LogP contribution in [0, 0.1) is 19.8 Å². The molecule has 1 saturated heterocycles. The molecule has 124 valence electrons. The smallest absolute Gasteiger partial charge is 0.287 e. The lowest BCUT2D eigenvalue weighted by molar-refractivity contribution is 0.0920. The fourth-order valence-electron chi connectivity index (χ4n) is 3.01. The topological polar surface area (TPSA) is 76.4 Å². The summed E-state index contributed by atoms with van der Waals surface area (Å²) >= 11 is 0. The van der Waals surface area contributed by atoms with Crippen LogP contribution in [0.1, 0.15) is 34.5 Å². The van der Waals surface area contributed by atoms with Crippen molar-refractivity contribution in [3.8, 4) is 0 Å². The van der Waals surface area contributed by atoms with Crippen molar-refractivity contribution in [3.05, 3.63) is 35.1 Å². The number of aryl methyl sites for hydroxylation is 2. The Hall–Kier alpha value is -1.82. The van der Waals surface area contributed by atoms with Crippen molar-refractivity contribution in [3.63, 3.8) is 0 Å². The molecule has 5 nitrogen and oxygen atoms in total. The highest BCUT2D eigenvalue weighted by molar-refractivity contribution is 7.91. The van der Waals surface area contributed by atoms with Crippen LogP contribution in [-0.4, -0.2) is 32.4 Å². The van der Waals surface area contributed by atoms with Crippen LogP contribution in [0.5, 0.6) is 0 Å². The van der Waals surface area contributed by atoms with Crippen molar-refractivity contribution in [2.45, 2.75) is 26.7 Å². The SMILES string of the molecule is Cc1ccc2c(C)c(C(=O)NCC3CCS(=O)(=O)CC3)oc2c1. The Bertz CT molecular complexity index is 837. The molecular formula is C17H21NO4S. The highest BCUT2D eigenvalue weighted by Gasteiger charge is 2.25. The Balaban J connectivity index is 1.68. The van der Waals surface area contributed by atoms with Crippen LogP contribution in [0.2, 0.25) is 0 Å². The molecule has 2 aromatic rings. The van der Waals surface area contributed by atoms with Gasteiger partial charge in [-0.05, 0) is 44.2 Å². The van der Waals surface area contributed by atoms with Gasteiger partial charge >= 0.3 is 0 Å². The van der Waals surface area contributed by atoms with Crippen LogP contribution in [0.4, 0.5) is 0 Å². The van der Waals surface area contributed by atoms with Crippen molar-refractivity contribution >= 4 is 26.7 Å². The maximum Gasteiger partial charge on any atom is 0.287 e. The number of fused-ring (bicyclic) bond motifs is 1. The molecule has 0 aliphatic carbocycles. The van der Waals surface area contributed by atoms with Gasteiger partial charge in [0.1, 0.15) is 15.4 Å². The minimum absolute atomic E-state index is 0.217. The Kier molecular flexibility index (Phi) is 4.19. The Morgan fingerprint density at radius 3 is 2.65 bits per heavy atom. The number of benzene rings is 1. The first-order chi connectivity index (χ1) is 10.9. The number of hydrogen-bond donors (Lipinski definition) is 1. The molecule has 3 rings (SSSR count). The van der Waals surface area contributed by atoms with E-state index in [-0.39, 0.29) is 23.3 Å². The van der Waals surface area contributed by atoms with Gasteiger partial charge in [0.15, 0.2) is 5.76 Å². The molecule has 1 N–H and O–H groups in total. The van der Waals surface area contributed by atoms with E-state index >= 15 is 0 Å². The maximum atomic E-state index is 12.4. The van der Waals surface area contributed by atoms with E-state index in [1.165, 1.54) is 0 Å². The standard InChI is InChI=1S/C17H21NO4S/c1-11-3-4-14-12(2)16(22-15(14)9-11)17(19)18-10-13-5-7-23(20,21)8-6-13/h3-4,9,13H,5-8,10H2,1-2H3,(H,18,19). The number of carbonyl (C=O) groups is 1. The summed E-state index contributed by atoms with van der Waals surface area (Å²) in [6, 6.07) is 5.88. The number of hydrogen-bond acceptors (Lipinski definition) is 4. The van der Waals surface area contributed by atoms with Gasteiger partial charge in [-0.25, -0.2) is 8.42 Å². The lowest BCUT2D eigenvalue weighted by atomic mass is 10.0. The van der Waals surface area contributed by atoms with Crippen LogP contribution >= 0.6 is 0 Å². The van der Waals surface area contributed by atoms with E-state index < -0.39 is 9.84 Å². The second kappa shape index (κ2) is 6.00. The zero-order valence-corrected chi connectivity index (χ0v) is 14.2. The van der Waals surface area contributed by atoms with E-state index in [0.717, 1.165) is 22.1 Å². The van der Waals surface area contributed by atoms with Gasteiger partial charge in [-0.1, -0.05) is 12.1 Å². The molecule has 1 fully saturated rings. The molecule has 1 aromatic carbocycles. The predicted molar refractivity (Wildman–Crippen MR) is 89.4 cm³/mol. The molecule has 1 aromatic heterocycles. The average Bonchev–Trinajstić information content (AvgIpc) is 2.82. The normalized spacial score (nSPS) is 18.2. The maximum absolute atomic E-state index is 12.4. The molecule has 23 heavy (non-hydrogen) atoms. The monoisotopic (exact) mass is 335 g/mol. The Morgan fingerprint density at radius 1 is 1.26 bits per heavy atom. The summed E-state index contributed by atoms with van der Waals surface area (Å²) in [5.74, 6) is 0.765. The van der Waals surface area contributed by atoms with Gasteiger partial charge < -0.3 is 9.73 Å². The fraction of sp³-hybridized carbons (Fsp3) is 0.471. The van der Waals surface area contributed by atoms with Crippen molar-refractivity contribution < 1.29 is 17.6 Å². The quantitative estimate of drug-likeness (QED) is 0.935. The van der Waals surface area contributed by atoms with Gasteiger partial charge in [0.25, 0.3) is 5.91 Å². The van der Waals surface area contributed by atoms with Gasteiger partial charge in [-0.2, -0.15) is 0 Å². The van der Waals surface area contributed by atoms with Crippen LogP contribution in [0.15, 0.2) is 22.6 Å². The number of sulfone groups is 1. The van der Waals surface area contributed by atoms with Crippen LogP contribution in [0.25, 0.3) is 11.0 Å². The molecule has 0 unspecified atom stereocenters. The lowest BCUT2D eigenvalue weighted by Crippen LogP contribution is -2.34. The number of rotatable bonds is 3. The van der Waals surface area contributed by atoms with Crippen molar-refractivity contribution in [2.24, 2.45) is 5.92 Å². The highest BCUT2D eigenvalue weighted by Crippen LogP contribution is 2.26. The molecule has 6 heteroatoms. The zero-order chi connectivity index (χ0) is 16.6. The zero-order valence-electron chi connectivity index (χ0n) is 13.4. The van der Waals surface area contributed by atoms with Gasteiger partial charge in [-0.3, -0.25) is 4.79 Å². The number of amides is 1. The summed E-state index contributed by atoms with van der Waals surface area (Å²) in [6.45, 7) is 4.35. The summed E-state index contributed by atoms with van der Waals surface area (Å²) in [7, 11) is -2.87. The molecule has 0 bridgehead atoms. The summed E-state index contributed by atoms with van der Waals surface area (Å²) < 4.78 is 28.6. The first-order valence-electron chi connectivity index (χ1n) is 7.84. The molecule has 0 radical (unpaired) electrons. The minimum atomic E-state index is -2.87. The highest BCUT2D eigenvalue weighted by atomic mass is 32.2.